The second kappa shape index (κ2) is 6.57. The highest BCUT2D eigenvalue weighted by Gasteiger charge is 2.28. The lowest BCUT2D eigenvalue weighted by molar-refractivity contribution is 0.0518. The fourth-order valence-corrected chi connectivity index (χ4v) is 3.49. The summed E-state index contributed by atoms with van der Waals surface area (Å²) in [4.78, 5) is 27.0. The quantitative estimate of drug-likeness (QED) is 0.861. The number of hydrogen-bond donors (Lipinski definition) is 0. The van der Waals surface area contributed by atoms with Crippen molar-refractivity contribution in [2.24, 2.45) is 0 Å². The van der Waals surface area contributed by atoms with Crippen molar-refractivity contribution < 1.29 is 13.9 Å². The molecule has 0 aliphatic carbocycles. The SMILES string of the molecule is Cc1nc(C)c(C(=O)N2CCCC(Oc3ncc(F)cn3)C2)s1. The molecule has 1 fully saturated rings. The van der Waals surface area contributed by atoms with Crippen molar-refractivity contribution >= 4 is 17.2 Å². The molecule has 3 rings (SSSR count). The van der Waals surface area contributed by atoms with E-state index in [1.165, 1.54) is 11.3 Å². The molecule has 6 nitrogen and oxygen atoms in total. The molecular weight excluding hydrogens is 319 g/mol. The molecule has 0 bridgehead atoms. The molecular formula is C15H17FN4O2S. The molecule has 0 N–H and O–H groups in total. The van der Waals surface area contributed by atoms with Gasteiger partial charge in [-0.15, -0.1) is 11.3 Å². The van der Waals surface area contributed by atoms with Crippen molar-refractivity contribution in [1.29, 1.82) is 0 Å². The Hall–Kier alpha value is -2.09. The standard InChI is InChI=1S/C15H17FN4O2S/c1-9-13(23-10(2)19-9)14(21)20-5-3-4-12(8-20)22-15-17-6-11(16)7-18-15/h6-7,12H,3-5,8H2,1-2H3. The van der Waals surface area contributed by atoms with Crippen LogP contribution < -0.4 is 4.74 Å². The first kappa shape index (κ1) is 15.8. The van der Waals surface area contributed by atoms with Gasteiger partial charge in [0, 0.05) is 6.54 Å². The number of carbonyl (C=O) groups excluding carboxylic acids is 1. The molecule has 23 heavy (non-hydrogen) atoms. The van der Waals surface area contributed by atoms with Crippen LogP contribution in [0.25, 0.3) is 0 Å². The molecule has 0 aromatic carbocycles. The fraction of sp³-hybridized carbons (Fsp3) is 0.467. The Kier molecular flexibility index (Phi) is 4.51. The molecule has 1 aliphatic rings. The summed E-state index contributed by atoms with van der Waals surface area (Å²) in [6, 6.07) is 0.135. The van der Waals surface area contributed by atoms with Crippen LogP contribution in [0.1, 0.15) is 33.2 Å². The molecule has 2 aromatic heterocycles. The maximum absolute atomic E-state index is 12.8. The van der Waals surface area contributed by atoms with Crippen molar-refractivity contribution in [2.45, 2.75) is 32.8 Å². The molecule has 2 aromatic rings. The summed E-state index contributed by atoms with van der Waals surface area (Å²) >= 11 is 1.41. The summed E-state index contributed by atoms with van der Waals surface area (Å²) in [5, 5.41) is 0.885. The van der Waals surface area contributed by atoms with Crippen molar-refractivity contribution in [3.63, 3.8) is 0 Å². The number of aryl methyl sites for hydroxylation is 2. The molecule has 3 heterocycles. The lowest BCUT2D eigenvalue weighted by Crippen LogP contribution is -2.44. The molecule has 0 radical (unpaired) electrons. The Morgan fingerprint density at radius 1 is 1.39 bits per heavy atom. The van der Waals surface area contributed by atoms with E-state index in [2.05, 4.69) is 15.0 Å². The molecule has 1 aliphatic heterocycles. The van der Waals surface area contributed by atoms with Crippen LogP contribution in [0.5, 0.6) is 6.01 Å². The number of piperidine rings is 1. The monoisotopic (exact) mass is 336 g/mol. The molecule has 122 valence electrons. The Balaban J connectivity index is 1.67. The minimum Gasteiger partial charge on any atom is -0.458 e. The van der Waals surface area contributed by atoms with E-state index >= 15 is 0 Å². The van der Waals surface area contributed by atoms with E-state index in [1.54, 1.807) is 4.90 Å². The summed E-state index contributed by atoms with van der Waals surface area (Å²) in [7, 11) is 0. The molecule has 8 heteroatoms. The van der Waals surface area contributed by atoms with Crippen LogP contribution in [0.2, 0.25) is 0 Å². The van der Waals surface area contributed by atoms with Crippen LogP contribution in [0.3, 0.4) is 0 Å². The number of hydrogen-bond acceptors (Lipinski definition) is 6. The molecule has 1 amide bonds. The van der Waals surface area contributed by atoms with Gasteiger partial charge in [0.25, 0.3) is 5.91 Å². The van der Waals surface area contributed by atoms with E-state index in [4.69, 9.17) is 4.74 Å². The number of halogens is 1. The third-order valence-electron chi connectivity index (χ3n) is 3.63. The maximum Gasteiger partial charge on any atom is 0.316 e. The second-order valence-electron chi connectivity index (χ2n) is 5.46. The highest BCUT2D eigenvalue weighted by Crippen LogP contribution is 2.22. The minimum atomic E-state index is -0.506. The number of carbonyl (C=O) groups is 1. The Morgan fingerprint density at radius 2 is 2.13 bits per heavy atom. The van der Waals surface area contributed by atoms with Gasteiger partial charge >= 0.3 is 6.01 Å². The minimum absolute atomic E-state index is 0.0126. The van der Waals surface area contributed by atoms with Crippen LogP contribution in [0.4, 0.5) is 4.39 Å². The zero-order valence-corrected chi connectivity index (χ0v) is 13.8. The van der Waals surface area contributed by atoms with Gasteiger partial charge in [0.1, 0.15) is 11.0 Å². The van der Waals surface area contributed by atoms with Gasteiger partial charge in [0.2, 0.25) is 0 Å². The van der Waals surface area contributed by atoms with E-state index in [-0.39, 0.29) is 18.0 Å². The fourth-order valence-electron chi connectivity index (χ4n) is 2.60. The Bertz CT molecular complexity index is 704. The number of amides is 1. The average molecular weight is 336 g/mol. The van der Waals surface area contributed by atoms with Crippen LogP contribution in [0.15, 0.2) is 12.4 Å². The van der Waals surface area contributed by atoms with E-state index in [0.29, 0.717) is 18.0 Å². The summed E-state index contributed by atoms with van der Waals surface area (Å²) in [6.07, 6.45) is 3.60. The zero-order valence-electron chi connectivity index (χ0n) is 13.0. The zero-order chi connectivity index (χ0) is 16.4. The predicted octanol–water partition coefficient (Wildman–Crippen LogP) is 2.37. The molecule has 1 atom stereocenters. The van der Waals surface area contributed by atoms with Gasteiger partial charge < -0.3 is 9.64 Å². The van der Waals surface area contributed by atoms with Gasteiger partial charge in [0.15, 0.2) is 5.82 Å². The first-order valence-corrected chi connectivity index (χ1v) is 8.22. The van der Waals surface area contributed by atoms with E-state index in [9.17, 15) is 9.18 Å². The maximum atomic E-state index is 12.8. The number of ether oxygens (including phenoxy) is 1. The number of nitrogens with zero attached hydrogens (tertiary/aromatic N) is 4. The molecule has 0 saturated carbocycles. The van der Waals surface area contributed by atoms with Crippen LogP contribution >= 0.6 is 11.3 Å². The van der Waals surface area contributed by atoms with Gasteiger partial charge in [-0.25, -0.2) is 19.3 Å². The molecule has 1 unspecified atom stereocenters. The smallest absolute Gasteiger partial charge is 0.316 e. The van der Waals surface area contributed by atoms with Crippen LogP contribution in [0, 0.1) is 19.7 Å². The normalized spacial score (nSPS) is 18.0. The van der Waals surface area contributed by atoms with Gasteiger partial charge in [-0.05, 0) is 26.7 Å². The average Bonchev–Trinajstić information content (AvgIpc) is 2.88. The topological polar surface area (TPSA) is 68.2 Å². The first-order valence-electron chi connectivity index (χ1n) is 7.40. The van der Waals surface area contributed by atoms with Crippen LogP contribution in [-0.2, 0) is 0 Å². The van der Waals surface area contributed by atoms with Gasteiger partial charge in [-0.1, -0.05) is 0 Å². The van der Waals surface area contributed by atoms with Crippen LogP contribution in [-0.4, -0.2) is 45.0 Å². The van der Waals surface area contributed by atoms with Crippen molar-refractivity contribution in [3.05, 3.63) is 33.8 Å². The Labute approximate surface area is 137 Å². The van der Waals surface area contributed by atoms with Crippen molar-refractivity contribution in [3.8, 4) is 6.01 Å². The first-order chi connectivity index (χ1) is 11.0. The number of aromatic nitrogens is 3. The lowest BCUT2D eigenvalue weighted by Gasteiger charge is -2.32. The molecule has 0 spiro atoms. The van der Waals surface area contributed by atoms with Gasteiger partial charge in [0.05, 0.1) is 29.6 Å². The van der Waals surface area contributed by atoms with Crippen molar-refractivity contribution in [1.82, 2.24) is 19.9 Å². The number of likely N-dealkylation sites (tertiary alicyclic amines) is 1. The van der Waals surface area contributed by atoms with E-state index in [0.717, 1.165) is 35.9 Å². The highest BCUT2D eigenvalue weighted by molar-refractivity contribution is 7.13. The summed E-state index contributed by atoms with van der Waals surface area (Å²) in [5.74, 6) is -0.518. The van der Waals surface area contributed by atoms with Crippen molar-refractivity contribution in [2.75, 3.05) is 13.1 Å². The van der Waals surface area contributed by atoms with Gasteiger partial charge in [-0.2, -0.15) is 0 Å². The largest absolute Gasteiger partial charge is 0.458 e. The Morgan fingerprint density at radius 3 is 2.78 bits per heavy atom. The second-order valence-corrected chi connectivity index (χ2v) is 6.67. The highest BCUT2D eigenvalue weighted by atomic mass is 32.1. The van der Waals surface area contributed by atoms with E-state index in [1.807, 2.05) is 13.8 Å². The summed E-state index contributed by atoms with van der Waals surface area (Å²) in [6.45, 7) is 4.90. The third kappa shape index (κ3) is 3.64. The molecule has 1 saturated heterocycles. The third-order valence-corrected chi connectivity index (χ3v) is 4.69. The number of thiazole rings is 1. The summed E-state index contributed by atoms with van der Waals surface area (Å²) < 4.78 is 18.5. The summed E-state index contributed by atoms with van der Waals surface area (Å²) in [5.41, 5.74) is 0.766. The predicted molar refractivity (Wildman–Crippen MR) is 83.1 cm³/mol. The lowest BCUT2D eigenvalue weighted by atomic mass is 10.1. The van der Waals surface area contributed by atoms with E-state index < -0.39 is 5.82 Å². The number of rotatable bonds is 3. The van der Waals surface area contributed by atoms with Gasteiger partial charge in [-0.3, -0.25) is 4.79 Å².